The maximum Gasteiger partial charge on any atom is 0.339 e. The molecule has 164 valence electrons. The first kappa shape index (κ1) is 20.7. The van der Waals surface area contributed by atoms with E-state index >= 15 is 0 Å². The van der Waals surface area contributed by atoms with E-state index in [1.165, 1.54) is 4.68 Å². The number of hydrogen-bond donors (Lipinski definition) is 2. The predicted octanol–water partition coefficient (Wildman–Crippen LogP) is 5.19. The van der Waals surface area contributed by atoms with E-state index < -0.39 is 23.1 Å². The molecule has 6 nitrogen and oxygen atoms in total. The largest absolute Gasteiger partial charge is 0.507 e. The van der Waals surface area contributed by atoms with Crippen LogP contribution in [0.5, 0.6) is 5.75 Å². The minimum atomic E-state index is -1.43. The fourth-order valence-electron chi connectivity index (χ4n) is 4.50. The molecule has 0 spiro atoms. The second kappa shape index (κ2) is 7.74. The van der Waals surface area contributed by atoms with Crippen LogP contribution < -0.4 is 0 Å². The number of halogens is 2. The Kier molecular flexibility index (Phi) is 5.01. The maximum absolute atomic E-state index is 14.9. The molecule has 32 heavy (non-hydrogen) atoms. The molecule has 1 heterocycles. The fourth-order valence-corrected chi connectivity index (χ4v) is 4.77. The number of carboxylic acid groups (broad SMARTS) is 1. The molecule has 0 bridgehead atoms. The van der Waals surface area contributed by atoms with Crippen LogP contribution in [0.2, 0.25) is 5.02 Å². The highest BCUT2D eigenvalue weighted by molar-refractivity contribution is 6.34. The lowest BCUT2D eigenvalue weighted by Gasteiger charge is -2.15. The Morgan fingerprint density at radius 2 is 1.91 bits per heavy atom. The number of aromatic nitrogens is 2. The number of carbonyl (C=O) groups excluding carboxylic acids is 1. The summed E-state index contributed by atoms with van der Waals surface area (Å²) in [6.45, 7) is 0. The van der Waals surface area contributed by atoms with Crippen LogP contribution in [0.15, 0.2) is 30.3 Å². The number of aromatic hydroxyl groups is 1. The van der Waals surface area contributed by atoms with Gasteiger partial charge < -0.3 is 10.2 Å². The number of hydrogen-bond acceptors (Lipinski definition) is 4. The molecule has 0 saturated heterocycles. The van der Waals surface area contributed by atoms with E-state index in [0.717, 1.165) is 48.9 Å². The minimum Gasteiger partial charge on any atom is -0.507 e. The number of carboxylic acids is 1. The minimum absolute atomic E-state index is 0.0289. The standard InChI is InChI=1S/C24H20ClFN2O4/c25-17-6-3-5-13(12-8-9-12)21(17)23(30)28-19-7-2-1-4-14(19)22(27-28)15-11-20(29)16(24(31)32)10-18(15)26/h3,5-6,10-12,29H,1-2,4,7-9H2,(H,31,32). The zero-order valence-corrected chi connectivity index (χ0v) is 17.8. The lowest BCUT2D eigenvalue weighted by atomic mass is 9.92. The van der Waals surface area contributed by atoms with E-state index in [1.54, 1.807) is 6.07 Å². The van der Waals surface area contributed by atoms with Gasteiger partial charge in [0.1, 0.15) is 17.1 Å². The molecule has 3 aromatic rings. The molecule has 8 heteroatoms. The summed E-state index contributed by atoms with van der Waals surface area (Å²) in [5.41, 5.74) is 2.46. The van der Waals surface area contributed by atoms with Crippen molar-refractivity contribution in [2.24, 2.45) is 0 Å². The number of phenols is 1. The summed E-state index contributed by atoms with van der Waals surface area (Å²) in [6, 6.07) is 7.27. The maximum atomic E-state index is 14.9. The summed E-state index contributed by atoms with van der Waals surface area (Å²) in [4.78, 5) is 24.9. The van der Waals surface area contributed by atoms with E-state index in [1.807, 2.05) is 12.1 Å². The number of aromatic carboxylic acids is 1. The Morgan fingerprint density at radius 3 is 2.62 bits per heavy atom. The van der Waals surface area contributed by atoms with Crippen molar-refractivity contribution in [3.05, 3.63) is 69.1 Å². The van der Waals surface area contributed by atoms with Gasteiger partial charge in [0.05, 0.1) is 22.0 Å². The van der Waals surface area contributed by atoms with Crippen LogP contribution in [0.1, 0.15) is 69.1 Å². The van der Waals surface area contributed by atoms with Crippen LogP contribution in [-0.2, 0) is 12.8 Å². The van der Waals surface area contributed by atoms with Gasteiger partial charge in [-0.3, -0.25) is 4.79 Å². The third kappa shape index (κ3) is 3.37. The monoisotopic (exact) mass is 454 g/mol. The van der Waals surface area contributed by atoms with Gasteiger partial charge in [0.25, 0.3) is 5.91 Å². The molecular formula is C24H20ClFN2O4. The van der Waals surface area contributed by atoms with Crippen molar-refractivity contribution in [3.63, 3.8) is 0 Å². The van der Waals surface area contributed by atoms with Crippen molar-refractivity contribution in [2.45, 2.75) is 44.4 Å². The van der Waals surface area contributed by atoms with E-state index in [-0.39, 0.29) is 17.2 Å². The van der Waals surface area contributed by atoms with Gasteiger partial charge >= 0.3 is 5.97 Å². The Bertz CT molecular complexity index is 1280. The molecule has 2 N–H and O–H groups in total. The lowest BCUT2D eigenvalue weighted by Crippen LogP contribution is -2.20. The normalized spacial score (nSPS) is 15.4. The summed E-state index contributed by atoms with van der Waals surface area (Å²) >= 11 is 6.44. The molecule has 0 aliphatic heterocycles. The Morgan fingerprint density at radius 1 is 1.16 bits per heavy atom. The summed E-state index contributed by atoms with van der Waals surface area (Å²) in [7, 11) is 0. The van der Waals surface area contributed by atoms with E-state index in [0.29, 0.717) is 35.0 Å². The van der Waals surface area contributed by atoms with Crippen LogP contribution >= 0.6 is 11.6 Å². The first-order valence-corrected chi connectivity index (χ1v) is 10.9. The highest BCUT2D eigenvalue weighted by Crippen LogP contribution is 2.44. The van der Waals surface area contributed by atoms with Crippen molar-refractivity contribution in [2.75, 3.05) is 0 Å². The fraction of sp³-hybridized carbons (Fsp3) is 0.292. The first-order valence-electron chi connectivity index (χ1n) is 10.6. The molecule has 0 atom stereocenters. The second-order valence-electron chi connectivity index (χ2n) is 8.33. The summed E-state index contributed by atoms with van der Waals surface area (Å²) in [5, 5.41) is 24.1. The van der Waals surface area contributed by atoms with Gasteiger partial charge in [0, 0.05) is 11.1 Å². The first-order chi connectivity index (χ1) is 15.4. The Balaban J connectivity index is 1.67. The van der Waals surface area contributed by atoms with Gasteiger partial charge in [-0.2, -0.15) is 9.78 Å². The van der Waals surface area contributed by atoms with Crippen LogP contribution in [-0.4, -0.2) is 31.9 Å². The van der Waals surface area contributed by atoms with Gasteiger partial charge in [-0.1, -0.05) is 23.7 Å². The van der Waals surface area contributed by atoms with E-state index in [2.05, 4.69) is 5.10 Å². The zero-order valence-electron chi connectivity index (χ0n) is 17.1. The van der Waals surface area contributed by atoms with E-state index in [4.69, 9.17) is 16.7 Å². The van der Waals surface area contributed by atoms with E-state index in [9.17, 15) is 19.1 Å². The van der Waals surface area contributed by atoms with Crippen molar-refractivity contribution in [3.8, 4) is 17.0 Å². The zero-order chi connectivity index (χ0) is 22.6. The number of nitrogens with zero attached hydrogens (tertiary/aromatic N) is 2. The third-order valence-electron chi connectivity index (χ3n) is 6.22. The molecule has 2 aliphatic rings. The van der Waals surface area contributed by atoms with Gasteiger partial charge in [-0.05, 0) is 68.2 Å². The summed E-state index contributed by atoms with van der Waals surface area (Å²) < 4.78 is 16.2. The average molecular weight is 455 g/mol. The molecule has 2 aliphatic carbocycles. The van der Waals surface area contributed by atoms with Gasteiger partial charge in [-0.15, -0.1) is 0 Å². The third-order valence-corrected chi connectivity index (χ3v) is 6.54. The smallest absolute Gasteiger partial charge is 0.339 e. The SMILES string of the molecule is O=C(O)c1cc(F)c(-c2nn(C(=O)c3c(Cl)cccc3C3CC3)c3c2CCCC3)cc1O. The molecule has 5 rings (SSSR count). The number of fused-ring (bicyclic) bond motifs is 1. The lowest BCUT2D eigenvalue weighted by molar-refractivity contribution is 0.0693. The van der Waals surface area contributed by atoms with Crippen molar-refractivity contribution < 1.29 is 24.2 Å². The van der Waals surface area contributed by atoms with Crippen LogP contribution in [0, 0.1) is 5.82 Å². The number of carbonyl (C=O) groups is 2. The predicted molar refractivity (Wildman–Crippen MR) is 116 cm³/mol. The quantitative estimate of drug-likeness (QED) is 0.565. The molecule has 1 aromatic heterocycles. The van der Waals surface area contributed by atoms with Crippen LogP contribution in [0.25, 0.3) is 11.3 Å². The molecular weight excluding hydrogens is 435 g/mol. The Hall–Kier alpha value is -3.19. The number of rotatable bonds is 4. The molecule has 2 aromatic carbocycles. The summed E-state index contributed by atoms with van der Waals surface area (Å²) in [5.74, 6) is -2.85. The topological polar surface area (TPSA) is 92.4 Å². The molecule has 0 unspecified atom stereocenters. The molecule has 1 saturated carbocycles. The van der Waals surface area contributed by atoms with Crippen molar-refractivity contribution >= 4 is 23.5 Å². The van der Waals surface area contributed by atoms with Gasteiger partial charge in [0.2, 0.25) is 0 Å². The second-order valence-corrected chi connectivity index (χ2v) is 8.74. The number of benzene rings is 2. The summed E-state index contributed by atoms with van der Waals surface area (Å²) in [6.07, 6.45) is 4.96. The van der Waals surface area contributed by atoms with Crippen LogP contribution in [0.4, 0.5) is 4.39 Å². The Labute approximate surface area is 188 Å². The van der Waals surface area contributed by atoms with Crippen molar-refractivity contribution in [1.82, 2.24) is 9.78 Å². The van der Waals surface area contributed by atoms with Crippen LogP contribution in [0.3, 0.4) is 0 Å². The highest BCUT2D eigenvalue weighted by atomic mass is 35.5. The average Bonchev–Trinajstić information content (AvgIpc) is 3.55. The van der Waals surface area contributed by atoms with Gasteiger partial charge in [0.15, 0.2) is 0 Å². The molecule has 1 fully saturated rings. The molecule has 0 amide bonds. The molecule has 0 radical (unpaired) electrons. The highest BCUT2D eigenvalue weighted by Gasteiger charge is 2.33. The van der Waals surface area contributed by atoms with Crippen molar-refractivity contribution in [1.29, 1.82) is 0 Å². The van der Waals surface area contributed by atoms with Gasteiger partial charge in [-0.25, -0.2) is 9.18 Å².